The molecule has 0 saturated heterocycles. The molecule has 0 fully saturated rings. The summed E-state index contributed by atoms with van der Waals surface area (Å²) < 4.78 is 5.68. The van der Waals surface area contributed by atoms with Gasteiger partial charge in [-0.25, -0.2) is 0 Å². The van der Waals surface area contributed by atoms with Crippen LogP contribution in [0.15, 0.2) is 84.9 Å². The molecule has 4 rings (SSSR count). The third-order valence-electron chi connectivity index (χ3n) is 5.51. The average Bonchev–Trinajstić information content (AvgIpc) is 2.75. The van der Waals surface area contributed by atoms with Gasteiger partial charge in [0.15, 0.2) is 0 Å². The van der Waals surface area contributed by atoms with Gasteiger partial charge in [0.05, 0.1) is 12.7 Å². The van der Waals surface area contributed by atoms with Gasteiger partial charge < -0.3 is 4.74 Å². The molecule has 0 heterocycles. The van der Waals surface area contributed by atoms with E-state index in [1.165, 1.54) is 44.2 Å². The van der Waals surface area contributed by atoms with E-state index < -0.39 is 0 Å². The summed E-state index contributed by atoms with van der Waals surface area (Å²) in [5.74, 6) is 0. The molecule has 0 saturated carbocycles. The lowest BCUT2D eigenvalue weighted by Gasteiger charge is -2.09. The minimum absolute atomic E-state index is 0.266. The smallest absolute Gasteiger partial charge is 0.0720 e. The van der Waals surface area contributed by atoms with Crippen LogP contribution < -0.4 is 0 Å². The van der Waals surface area contributed by atoms with E-state index in [-0.39, 0.29) is 6.10 Å². The first kappa shape index (κ1) is 20.4. The van der Waals surface area contributed by atoms with Crippen LogP contribution in [0.25, 0.3) is 10.8 Å². The van der Waals surface area contributed by atoms with Gasteiger partial charge in [0.25, 0.3) is 0 Å². The van der Waals surface area contributed by atoms with Crippen LogP contribution in [0.4, 0.5) is 0 Å². The zero-order chi connectivity index (χ0) is 20.9. The number of ether oxygens (including phenoxy) is 1. The van der Waals surface area contributed by atoms with Gasteiger partial charge in [-0.1, -0.05) is 90.5 Å². The molecule has 0 atom stereocenters. The van der Waals surface area contributed by atoms with Crippen LogP contribution in [-0.4, -0.2) is 6.10 Å². The molecule has 4 aromatic rings. The fourth-order valence-electron chi connectivity index (χ4n) is 3.79. The minimum atomic E-state index is 0.266. The molecule has 4 aromatic carbocycles. The summed E-state index contributed by atoms with van der Waals surface area (Å²) in [6.45, 7) is 6.96. The van der Waals surface area contributed by atoms with E-state index in [4.69, 9.17) is 4.74 Å². The fraction of sp³-hybridized carbons (Fsp3) is 0.241. The van der Waals surface area contributed by atoms with Gasteiger partial charge in [0.2, 0.25) is 0 Å². The molecule has 1 nitrogen and oxygen atoms in total. The van der Waals surface area contributed by atoms with Gasteiger partial charge in [-0.05, 0) is 72.2 Å². The average molecular weight is 395 g/mol. The molecular formula is C29H30O. The third-order valence-corrected chi connectivity index (χ3v) is 5.51. The Bertz CT molecular complexity index is 1110. The SMILES string of the molecule is Cc1ccc2cc(Cc3ccc(Cc4ccc(COC(C)C)cc4)cc3)ccc2c1. The van der Waals surface area contributed by atoms with E-state index in [1.54, 1.807) is 0 Å². The van der Waals surface area contributed by atoms with E-state index in [1.807, 2.05) is 0 Å². The summed E-state index contributed by atoms with van der Waals surface area (Å²) in [4.78, 5) is 0. The second-order valence-electron chi connectivity index (χ2n) is 8.53. The van der Waals surface area contributed by atoms with Gasteiger partial charge in [-0.2, -0.15) is 0 Å². The molecule has 0 radical (unpaired) electrons. The van der Waals surface area contributed by atoms with Gasteiger partial charge in [-0.15, -0.1) is 0 Å². The van der Waals surface area contributed by atoms with Gasteiger partial charge >= 0.3 is 0 Å². The van der Waals surface area contributed by atoms with Crippen molar-refractivity contribution in [2.75, 3.05) is 0 Å². The summed E-state index contributed by atoms with van der Waals surface area (Å²) in [5.41, 5.74) is 7.93. The van der Waals surface area contributed by atoms with E-state index in [2.05, 4.69) is 106 Å². The Morgan fingerprint density at radius 3 is 1.63 bits per heavy atom. The summed E-state index contributed by atoms with van der Waals surface area (Å²) in [7, 11) is 0. The van der Waals surface area contributed by atoms with Crippen LogP contribution in [0.5, 0.6) is 0 Å². The summed E-state index contributed by atoms with van der Waals surface area (Å²) >= 11 is 0. The van der Waals surface area contributed by atoms with E-state index in [9.17, 15) is 0 Å². The first-order chi connectivity index (χ1) is 14.5. The molecule has 0 aliphatic heterocycles. The van der Waals surface area contributed by atoms with Crippen molar-refractivity contribution < 1.29 is 4.74 Å². The van der Waals surface area contributed by atoms with Crippen LogP contribution in [0.1, 0.15) is 47.2 Å². The van der Waals surface area contributed by atoms with Crippen molar-refractivity contribution in [3.05, 3.63) is 118 Å². The molecule has 0 aliphatic rings. The molecule has 0 N–H and O–H groups in total. The largest absolute Gasteiger partial charge is 0.374 e. The van der Waals surface area contributed by atoms with E-state index in [0.717, 1.165) is 12.8 Å². The van der Waals surface area contributed by atoms with Gasteiger partial charge in [0.1, 0.15) is 0 Å². The fourth-order valence-corrected chi connectivity index (χ4v) is 3.79. The highest BCUT2D eigenvalue weighted by Crippen LogP contribution is 2.20. The Morgan fingerprint density at radius 2 is 1.03 bits per heavy atom. The van der Waals surface area contributed by atoms with Crippen molar-refractivity contribution in [2.45, 2.75) is 46.3 Å². The second-order valence-corrected chi connectivity index (χ2v) is 8.53. The maximum Gasteiger partial charge on any atom is 0.0720 e. The Morgan fingerprint density at radius 1 is 0.567 bits per heavy atom. The Kier molecular flexibility index (Phi) is 6.30. The third kappa shape index (κ3) is 5.37. The second kappa shape index (κ2) is 9.28. The lowest BCUT2D eigenvalue weighted by atomic mass is 9.98. The molecule has 152 valence electrons. The Hall–Kier alpha value is -2.90. The van der Waals surface area contributed by atoms with E-state index in [0.29, 0.717) is 6.61 Å². The predicted molar refractivity (Wildman–Crippen MR) is 127 cm³/mol. The van der Waals surface area contributed by atoms with Crippen molar-refractivity contribution in [3.8, 4) is 0 Å². The van der Waals surface area contributed by atoms with Crippen molar-refractivity contribution in [2.24, 2.45) is 0 Å². The van der Waals surface area contributed by atoms with Crippen molar-refractivity contribution >= 4 is 10.8 Å². The van der Waals surface area contributed by atoms with Gasteiger partial charge in [0, 0.05) is 0 Å². The highest BCUT2D eigenvalue weighted by atomic mass is 16.5. The highest BCUT2D eigenvalue weighted by molar-refractivity contribution is 5.83. The van der Waals surface area contributed by atoms with Crippen molar-refractivity contribution in [1.82, 2.24) is 0 Å². The van der Waals surface area contributed by atoms with Crippen molar-refractivity contribution in [1.29, 1.82) is 0 Å². The van der Waals surface area contributed by atoms with Crippen LogP contribution in [0.3, 0.4) is 0 Å². The number of rotatable bonds is 7. The normalized spacial score (nSPS) is 11.3. The zero-order valence-electron chi connectivity index (χ0n) is 18.2. The van der Waals surface area contributed by atoms with E-state index >= 15 is 0 Å². The number of fused-ring (bicyclic) bond motifs is 1. The lowest BCUT2D eigenvalue weighted by Crippen LogP contribution is -2.02. The molecule has 1 heteroatoms. The summed E-state index contributed by atoms with van der Waals surface area (Å²) in [6.07, 6.45) is 2.19. The number of hydrogen-bond donors (Lipinski definition) is 0. The van der Waals surface area contributed by atoms with Crippen LogP contribution in [0, 0.1) is 6.92 Å². The summed E-state index contributed by atoms with van der Waals surface area (Å²) in [6, 6.07) is 31.3. The zero-order valence-corrected chi connectivity index (χ0v) is 18.2. The molecule has 0 amide bonds. The Balaban J connectivity index is 1.38. The molecular weight excluding hydrogens is 364 g/mol. The highest BCUT2D eigenvalue weighted by Gasteiger charge is 2.02. The van der Waals surface area contributed by atoms with Crippen molar-refractivity contribution in [3.63, 3.8) is 0 Å². The Labute approximate surface area is 180 Å². The molecule has 0 unspecified atom stereocenters. The molecule has 0 bridgehead atoms. The standard InChI is InChI=1S/C29H30O/c1-21(2)30-20-26-11-9-24(10-12-26)17-23-5-7-25(8-6-23)18-27-13-15-28-16-22(3)4-14-29(28)19-27/h4-16,19,21H,17-18,20H2,1-3H3. The first-order valence-electron chi connectivity index (χ1n) is 10.8. The van der Waals surface area contributed by atoms with Crippen LogP contribution in [-0.2, 0) is 24.2 Å². The maximum absolute atomic E-state index is 5.68. The maximum atomic E-state index is 5.68. The quantitative estimate of drug-likeness (QED) is 0.321. The molecule has 30 heavy (non-hydrogen) atoms. The summed E-state index contributed by atoms with van der Waals surface area (Å²) in [5, 5.41) is 2.63. The molecule has 0 spiro atoms. The minimum Gasteiger partial charge on any atom is -0.374 e. The van der Waals surface area contributed by atoms with Gasteiger partial charge in [-0.3, -0.25) is 0 Å². The number of aryl methyl sites for hydroxylation is 1. The monoisotopic (exact) mass is 394 g/mol. The number of benzene rings is 4. The topological polar surface area (TPSA) is 9.23 Å². The van der Waals surface area contributed by atoms with Crippen LogP contribution >= 0.6 is 0 Å². The first-order valence-corrected chi connectivity index (χ1v) is 10.8. The number of hydrogen-bond acceptors (Lipinski definition) is 1. The van der Waals surface area contributed by atoms with Crippen LogP contribution in [0.2, 0.25) is 0 Å². The lowest BCUT2D eigenvalue weighted by molar-refractivity contribution is 0.0657. The molecule has 0 aromatic heterocycles. The molecule has 0 aliphatic carbocycles. The predicted octanol–water partition coefficient (Wildman–Crippen LogP) is 7.25.